The van der Waals surface area contributed by atoms with Crippen LogP contribution in [0.5, 0.6) is 0 Å². The molecule has 0 aromatic rings. The molecule has 0 aromatic carbocycles. The van der Waals surface area contributed by atoms with Gasteiger partial charge in [-0.3, -0.25) is 4.79 Å². The lowest BCUT2D eigenvalue weighted by Crippen LogP contribution is -2.45. The summed E-state index contributed by atoms with van der Waals surface area (Å²) in [4.78, 5) is 14.2. The minimum atomic E-state index is -0.245. The van der Waals surface area contributed by atoms with Crippen LogP contribution in [0, 0.1) is 5.41 Å². The number of carbonyl (C=O) groups is 1. The molecule has 5 nitrogen and oxygen atoms in total. The summed E-state index contributed by atoms with van der Waals surface area (Å²) in [6.45, 7) is 4.92. The Bertz CT molecular complexity index is 296. The highest BCUT2D eigenvalue weighted by atomic mass is 16.4. The molecule has 0 unspecified atom stereocenters. The smallest absolute Gasteiger partial charge is 0.228 e. The molecule has 1 rings (SSSR count). The Kier molecular flexibility index (Phi) is 4.78. The van der Waals surface area contributed by atoms with E-state index in [1.165, 1.54) is 0 Å². The fourth-order valence-electron chi connectivity index (χ4n) is 2.50. The van der Waals surface area contributed by atoms with Crippen molar-refractivity contribution in [2.75, 3.05) is 13.1 Å². The van der Waals surface area contributed by atoms with Crippen molar-refractivity contribution >= 4 is 11.7 Å². The molecule has 0 heterocycles. The molecule has 17 heavy (non-hydrogen) atoms. The summed E-state index contributed by atoms with van der Waals surface area (Å²) in [5, 5.41) is 11.5. The molecule has 0 bridgehead atoms. The van der Waals surface area contributed by atoms with Gasteiger partial charge in [0, 0.05) is 12.0 Å². The molecular weight excluding hydrogens is 218 g/mol. The van der Waals surface area contributed by atoms with Crippen LogP contribution in [0.1, 0.15) is 46.0 Å². The number of amidine groups is 1. The van der Waals surface area contributed by atoms with E-state index in [2.05, 4.69) is 5.16 Å². The molecule has 0 atom stereocenters. The Morgan fingerprint density at radius 3 is 2.53 bits per heavy atom. The first kappa shape index (κ1) is 13.8. The van der Waals surface area contributed by atoms with Crippen LogP contribution in [0.4, 0.5) is 0 Å². The lowest BCUT2D eigenvalue weighted by atomic mass is 9.87. The molecule has 0 saturated heterocycles. The molecule has 0 spiro atoms. The first-order chi connectivity index (χ1) is 8.03. The van der Waals surface area contributed by atoms with Gasteiger partial charge >= 0.3 is 0 Å². The standard InChI is InChI=1S/C12H23N3O2/c1-3-8-15(9-10(13)14-17)11(16)12(2)6-4-5-7-12/h17H,3-9H2,1-2H3,(H2,13,14). The number of oxime groups is 1. The first-order valence-corrected chi connectivity index (χ1v) is 6.29. The molecule has 1 aliphatic carbocycles. The number of amides is 1. The van der Waals surface area contributed by atoms with E-state index in [4.69, 9.17) is 10.9 Å². The van der Waals surface area contributed by atoms with Gasteiger partial charge in [-0.1, -0.05) is 31.8 Å². The zero-order chi connectivity index (χ0) is 12.9. The van der Waals surface area contributed by atoms with Crippen molar-refractivity contribution in [3.8, 4) is 0 Å². The highest BCUT2D eigenvalue weighted by Crippen LogP contribution is 2.39. The molecule has 1 saturated carbocycles. The number of nitrogens with two attached hydrogens (primary N) is 1. The van der Waals surface area contributed by atoms with Crippen LogP contribution in [0.15, 0.2) is 5.16 Å². The third-order valence-corrected chi connectivity index (χ3v) is 3.49. The molecule has 0 radical (unpaired) electrons. The minimum absolute atomic E-state index is 0.0911. The zero-order valence-corrected chi connectivity index (χ0v) is 10.8. The van der Waals surface area contributed by atoms with Crippen LogP contribution in [0.2, 0.25) is 0 Å². The topological polar surface area (TPSA) is 78.9 Å². The molecule has 5 heteroatoms. The Labute approximate surface area is 103 Å². The third-order valence-electron chi connectivity index (χ3n) is 3.49. The summed E-state index contributed by atoms with van der Waals surface area (Å²) in [7, 11) is 0. The third kappa shape index (κ3) is 3.35. The van der Waals surface area contributed by atoms with E-state index < -0.39 is 0 Å². The van der Waals surface area contributed by atoms with Gasteiger partial charge in [-0.15, -0.1) is 0 Å². The maximum Gasteiger partial charge on any atom is 0.228 e. The number of hydrogen-bond donors (Lipinski definition) is 2. The number of nitrogens with zero attached hydrogens (tertiary/aromatic N) is 2. The minimum Gasteiger partial charge on any atom is -0.409 e. The van der Waals surface area contributed by atoms with Gasteiger partial charge in [0.25, 0.3) is 0 Å². The lowest BCUT2D eigenvalue weighted by Gasteiger charge is -2.31. The number of carbonyl (C=O) groups excluding carboxylic acids is 1. The molecule has 0 aliphatic heterocycles. The van der Waals surface area contributed by atoms with Gasteiger partial charge in [0.2, 0.25) is 5.91 Å². The monoisotopic (exact) mass is 241 g/mol. The zero-order valence-electron chi connectivity index (χ0n) is 10.8. The van der Waals surface area contributed by atoms with Crippen molar-refractivity contribution in [1.82, 2.24) is 4.90 Å². The highest BCUT2D eigenvalue weighted by Gasteiger charge is 2.38. The molecule has 1 aliphatic rings. The molecule has 0 aromatic heterocycles. The normalized spacial score (nSPS) is 19.3. The van der Waals surface area contributed by atoms with Gasteiger partial charge < -0.3 is 15.8 Å². The molecular formula is C12H23N3O2. The van der Waals surface area contributed by atoms with Crippen molar-refractivity contribution in [3.63, 3.8) is 0 Å². The maximum absolute atomic E-state index is 12.4. The highest BCUT2D eigenvalue weighted by molar-refractivity contribution is 5.89. The van der Waals surface area contributed by atoms with E-state index in [1.54, 1.807) is 4.90 Å². The second-order valence-electron chi connectivity index (χ2n) is 5.09. The molecule has 1 fully saturated rings. The van der Waals surface area contributed by atoms with Gasteiger partial charge in [-0.25, -0.2) is 0 Å². The summed E-state index contributed by atoms with van der Waals surface area (Å²) in [6, 6.07) is 0. The maximum atomic E-state index is 12.4. The second kappa shape index (κ2) is 5.89. The number of rotatable bonds is 5. The summed E-state index contributed by atoms with van der Waals surface area (Å²) in [5.74, 6) is 0.233. The number of hydrogen-bond acceptors (Lipinski definition) is 3. The van der Waals surface area contributed by atoms with Gasteiger partial charge in [-0.05, 0) is 19.3 Å². The summed E-state index contributed by atoms with van der Waals surface area (Å²) < 4.78 is 0. The van der Waals surface area contributed by atoms with E-state index in [0.29, 0.717) is 6.54 Å². The van der Waals surface area contributed by atoms with Crippen LogP contribution < -0.4 is 5.73 Å². The Morgan fingerprint density at radius 2 is 2.06 bits per heavy atom. The van der Waals surface area contributed by atoms with Crippen LogP contribution >= 0.6 is 0 Å². The van der Waals surface area contributed by atoms with E-state index >= 15 is 0 Å². The molecule has 3 N–H and O–H groups in total. The quantitative estimate of drug-likeness (QED) is 0.332. The van der Waals surface area contributed by atoms with Crippen LogP contribution in [0.25, 0.3) is 0 Å². The first-order valence-electron chi connectivity index (χ1n) is 6.29. The molecule has 98 valence electrons. The fourth-order valence-corrected chi connectivity index (χ4v) is 2.50. The van der Waals surface area contributed by atoms with Crippen LogP contribution in [-0.2, 0) is 4.79 Å². The van der Waals surface area contributed by atoms with Gasteiger partial charge in [-0.2, -0.15) is 0 Å². The largest absolute Gasteiger partial charge is 0.409 e. The predicted molar refractivity (Wildman–Crippen MR) is 66.9 cm³/mol. The van der Waals surface area contributed by atoms with Crippen molar-refractivity contribution in [1.29, 1.82) is 0 Å². The van der Waals surface area contributed by atoms with E-state index in [9.17, 15) is 4.79 Å². The lowest BCUT2D eigenvalue weighted by molar-refractivity contribution is -0.140. The van der Waals surface area contributed by atoms with E-state index in [0.717, 1.165) is 32.1 Å². The van der Waals surface area contributed by atoms with Gasteiger partial charge in [0.1, 0.15) is 0 Å². The van der Waals surface area contributed by atoms with Crippen molar-refractivity contribution < 1.29 is 10.0 Å². The Hall–Kier alpha value is -1.26. The van der Waals surface area contributed by atoms with Crippen molar-refractivity contribution in [3.05, 3.63) is 0 Å². The fraction of sp³-hybridized carbons (Fsp3) is 0.833. The average molecular weight is 241 g/mol. The van der Waals surface area contributed by atoms with Crippen molar-refractivity contribution in [2.24, 2.45) is 16.3 Å². The van der Waals surface area contributed by atoms with Crippen molar-refractivity contribution in [2.45, 2.75) is 46.0 Å². The predicted octanol–water partition coefficient (Wildman–Crippen LogP) is 1.55. The molecule has 1 amide bonds. The average Bonchev–Trinajstić information content (AvgIpc) is 2.75. The summed E-state index contributed by atoms with van der Waals surface area (Å²) >= 11 is 0. The Morgan fingerprint density at radius 1 is 1.47 bits per heavy atom. The van der Waals surface area contributed by atoms with E-state index in [1.807, 2.05) is 13.8 Å². The van der Waals surface area contributed by atoms with Crippen LogP contribution in [0.3, 0.4) is 0 Å². The van der Waals surface area contributed by atoms with Gasteiger partial charge in [0.15, 0.2) is 5.84 Å². The van der Waals surface area contributed by atoms with E-state index in [-0.39, 0.29) is 23.7 Å². The van der Waals surface area contributed by atoms with Gasteiger partial charge in [0.05, 0.1) is 6.54 Å². The summed E-state index contributed by atoms with van der Waals surface area (Å²) in [5.41, 5.74) is 5.24. The Balaban J connectivity index is 2.72. The second-order valence-corrected chi connectivity index (χ2v) is 5.09. The SMILES string of the molecule is CCCN(CC(N)=NO)C(=O)C1(C)CCCC1. The van der Waals surface area contributed by atoms with Crippen LogP contribution in [-0.4, -0.2) is 34.9 Å². The summed E-state index contributed by atoms with van der Waals surface area (Å²) in [6.07, 6.45) is 5.00.